The van der Waals surface area contributed by atoms with Gasteiger partial charge in [-0.3, -0.25) is 9.59 Å². The van der Waals surface area contributed by atoms with Crippen molar-refractivity contribution in [2.45, 2.75) is 91.1 Å². The third-order valence-electron chi connectivity index (χ3n) is 4.45. The highest BCUT2D eigenvalue weighted by Crippen LogP contribution is 2.07. The maximum atomic E-state index is 12.4. The van der Waals surface area contributed by atoms with E-state index in [1.54, 1.807) is 18.2 Å². The van der Waals surface area contributed by atoms with E-state index in [2.05, 4.69) is 29.5 Å². The number of hydrogen-bond acceptors (Lipinski definition) is 3. The summed E-state index contributed by atoms with van der Waals surface area (Å²) in [5.41, 5.74) is 0.581. The molecule has 2 N–H and O–H groups in total. The molecule has 0 fully saturated rings. The number of rotatable bonds is 12. The lowest BCUT2D eigenvalue weighted by Crippen LogP contribution is -2.35. The fourth-order valence-corrected chi connectivity index (χ4v) is 2.83. The Morgan fingerprint density at radius 1 is 0.846 bits per heavy atom. The Morgan fingerprint density at radius 3 is 1.65 bits per heavy atom. The van der Waals surface area contributed by atoms with Gasteiger partial charge in [-0.1, -0.05) is 58.4 Å². The molecule has 146 valence electrons. The van der Waals surface area contributed by atoms with Crippen molar-refractivity contribution in [2.24, 2.45) is 0 Å². The van der Waals surface area contributed by atoms with Crippen molar-refractivity contribution in [3.05, 3.63) is 29.6 Å². The van der Waals surface area contributed by atoms with Gasteiger partial charge in [0.2, 0.25) is 0 Å². The Balaban J connectivity index is 2.57. The first-order valence-corrected chi connectivity index (χ1v) is 10.1. The predicted molar refractivity (Wildman–Crippen MR) is 106 cm³/mol. The van der Waals surface area contributed by atoms with Crippen LogP contribution in [0.1, 0.15) is 100 Å². The smallest absolute Gasteiger partial charge is 0.270 e. The highest BCUT2D eigenvalue weighted by atomic mass is 16.2. The number of amides is 2. The molecular weight excluding hydrogens is 326 g/mol. The average molecular weight is 362 g/mol. The molecule has 1 aromatic heterocycles. The Kier molecular flexibility index (Phi) is 10.6. The monoisotopic (exact) mass is 361 g/mol. The van der Waals surface area contributed by atoms with Gasteiger partial charge in [0.25, 0.3) is 11.8 Å². The van der Waals surface area contributed by atoms with Gasteiger partial charge in [0.15, 0.2) is 0 Å². The molecule has 0 aromatic carbocycles. The van der Waals surface area contributed by atoms with Gasteiger partial charge in [0.1, 0.15) is 11.4 Å². The van der Waals surface area contributed by atoms with E-state index in [1.165, 1.54) is 12.8 Å². The summed E-state index contributed by atoms with van der Waals surface area (Å²) in [6.45, 7) is 8.33. The molecule has 2 unspecified atom stereocenters. The quantitative estimate of drug-likeness (QED) is 0.539. The summed E-state index contributed by atoms with van der Waals surface area (Å²) in [6, 6.07) is 5.21. The zero-order chi connectivity index (χ0) is 19.4. The summed E-state index contributed by atoms with van der Waals surface area (Å²) in [7, 11) is 0. The number of pyridine rings is 1. The van der Waals surface area contributed by atoms with E-state index in [0.717, 1.165) is 38.5 Å². The van der Waals surface area contributed by atoms with Gasteiger partial charge < -0.3 is 10.6 Å². The largest absolute Gasteiger partial charge is 0.348 e. The molecule has 0 saturated heterocycles. The third-order valence-corrected chi connectivity index (χ3v) is 4.45. The lowest BCUT2D eigenvalue weighted by Gasteiger charge is -2.15. The van der Waals surface area contributed by atoms with Crippen LogP contribution >= 0.6 is 0 Å². The number of unbranched alkanes of at least 4 members (excludes halogenated alkanes) is 4. The first-order chi connectivity index (χ1) is 12.5. The Labute approximate surface area is 158 Å². The van der Waals surface area contributed by atoms with Crippen LogP contribution in [0.3, 0.4) is 0 Å². The molecule has 2 amide bonds. The van der Waals surface area contributed by atoms with Gasteiger partial charge in [-0.15, -0.1) is 0 Å². The molecule has 0 aliphatic heterocycles. The van der Waals surface area contributed by atoms with Gasteiger partial charge in [-0.25, -0.2) is 4.98 Å². The minimum absolute atomic E-state index is 0.104. The lowest BCUT2D eigenvalue weighted by atomic mass is 10.1. The van der Waals surface area contributed by atoms with Crippen LogP contribution in [-0.2, 0) is 0 Å². The van der Waals surface area contributed by atoms with Crippen molar-refractivity contribution in [1.29, 1.82) is 0 Å². The Bertz CT molecular complexity index is 515. The summed E-state index contributed by atoms with van der Waals surface area (Å²) in [6.07, 6.45) is 8.78. The molecule has 0 aliphatic rings. The van der Waals surface area contributed by atoms with Crippen LogP contribution in [0.25, 0.3) is 0 Å². The normalized spacial score (nSPS) is 13.1. The number of nitrogens with zero attached hydrogens (tertiary/aromatic N) is 1. The van der Waals surface area contributed by atoms with Crippen molar-refractivity contribution in [3.8, 4) is 0 Å². The molecule has 26 heavy (non-hydrogen) atoms. The standard InChI is InChI=1S/C21H35N3O2/c1-5-7-9-12-16(3)22-20(25)18-14-11-15-19(24-18)21(26)23-17(4)13-10-8-6-2/h11,14-17H,5-10,12-13H2,1-4H3,(H,22,25)(H,23,26). The predicted octanol–water partition coefficient (Wildman–Crippen LogP) is 4.48. The summed E-state index contributed by atoms with van der Waals surface area (Å²) in [4.78, 5) is 29.0. The average Bonchev–Trinajstić information content (AvgIpc) is 2.62. The molecule has 1 rings (SSSR count). The molecule has 5 heteroatoms. The molecule has 1 heterocycles. The highest BCUT2D eigenvalue weighted by molar-refractivity contribution is 5.96. The molecule has 0 bridgehead atoms. The van der Waals surface area contributed by atoms with Crippen molar-refractivity contribution >= 4 is 11.8 Å². The molecule has 0 aliphatic carbocycles. The summed E-state index contributed by atoms with van der Waals surface area (Å²) >= 11 is 0. The van der Waals surface area contributed by atoms with Crippen molar-refractivity contribution in [3.63, 3.8) is 0 Å². The Hall–Kier alpha value is -1.91. The van der Waals surface area contributed by atoms with Gasteiger partial charge in [0, 0.05) is 12.1 Å². The molecule has 0 saturated carbocycles. The van der Waals surface area contributed by atoms with E-state index in [4.69, 9.17) is 0 Å². The minimum Gasteiger partial charge on any atom is -0.348 e. The molecular formula is C21H35N3O2. The van der Waals surface area contributed by atoms with Crippen molar-refractivity contribution in [1.82, 2.24) is 15.6 Å². The van der Waals surface area contributed by atoms with Crippen LogP contribution in [-0.4, -0.2) is 28.9 Å². The SMILES string of the molecule is CCCCCC(C)NC(=O)c1cccc(C(=O)NC(C)CCCCC)n1. The van der Waals surface area contributed by atoms with E-state index in [1.807, 2.05) is 13.8 Å². The summed E-state index contributed by atoms with van der Waals surface area (Å²) < 4.78 is 0. The van der Waals surface area contributed by atoms with Crippen molar-refractivity contribution in [2.75, 3.05) is 0 Å². The van der Waals surface area contributed by atoms with Crippen LogP contribution in [0.2, 0.25) is 0 Å². The first kappa shape index (κ1) is 22.1. The van der Waals surface area contributed by atoms with Gasteiger partial charge in [-0.2, -0.15) is 0 Å². The molecule has 0 radical (unpaired) electrons. The van der Waals surface area contributed by atoms with Crippen LogP contribution in [0.5, 0.6) is 0 Å². The second-order valence-corrected chi connectivity index (χ2v) is 7.15. The summed E-state index contributed by atoms with van der Waals surface area (Å²) in [5.74, 6) is -0.445. The minimum atomic E-state index is -0.223. The maximum Gasteiger partial charge on any atom is 0.270 e. The third kappa shape index (κ3) is 8.45. The van der Waals surface area contributed by atoms with Crippen LogP contribution < -0.4 is 10.6 Å². The number of carbonyl (C=O) groups excluding carboxylic acids is 2. The Morgan fingerprint density at radius 2 is 1.27 bits per heavy atom. The van der Waals surface area contributed by atoms with Gasteiger partial charge in [-0.05, 0) is 38.8 Å². The van der Waals surface area contributed by atoms with Crippen molar-refractivity contribution < 1.29 is 9.59 Å². The second-order valence-electron chi connectivity index (χ2n) is 7.15. The fraction of sp³-hybridized carbons (Fsp3) is 0.667. The number of hydrogen-bond donors (Lipinski definition) is 2. The van der Waals surface area contributed by atoms with E-state index < -0.39 is 0 Å². The molecule has 2 atom stereocenters. The number of nitrogens with one attached hydrogen (secondary N) is 2. The van der Waals surface area contributed by atoms with Crippen LogP contribution in [0, 0.1) is 0 Å². The fourth-order valence-electron chi connectivity index (χ4n) is 2.83. The van der Waals surface area contributed by atoms with Gasteiger partial charge in [0.05, 0.1) is 0 Å². The topological polar surface area (TPSA) is 71.1 Å². The zero-order valence-electron chi connectivity index (χ0n) is 16.8. The van der Waals surface area contributed by atoms with Crippen LogP contribution in [0.15, 0.2) is 18.2 Å². The van der Waals surface area contributed by atoms with E-state index in [9.17, 15) is 9.59 Å². The highest BCUT2D eigenvalue weighted by Gasteiger charge is 2.15. The maximum absolute atomic E-state index is 12.4. The number of aromatic nitrogens is 1. The second kappa shape index (κ2) is 12.4. The lowest BCUT2D eigenvalue weighted by molar-refractivity contribution is 0.0929. The molecule has 1 aromatic rings. The summed E-state index contributed by atoms with van der Waals surface area (Å²) in [5, 5.41) is 5.93. The molecule has 5 nitrogen and oxygen atoms in total. The van der Waals surface area contributed by atoms with E-state index >= 15 is 0 Å². The van der Waals surface area contributed by atoms with E-state index in [-0.39, 0.29) is 23.9 Å². The molecule has 0 spiro atoms. The number of carbonyl (C=O) groups is 2. The zero-order valence-corrected chi connectivity index (χ0v) is 16.8. The van der Waals surface area contributed by atoms with Crippen LogP contribution in [0.4, 0.5) is 0 Å². The van der Waals surface area contributed by atoms with Gasteiger partial charge >= 0.3 is 0 Å². The van der Waals surface area contributed by atoms with E-state index in [0.29, 0.717) is 11.4 Å². The first-order valence-electron chi connectivity index (χ1n) is 10.1.